The zero-order valence-corrected chi connectivity index (χ0v) is 13.8. The van der Waals surface area contributed by atoms with Crippen molar-refractivity contribution in [3.63, 3.8) is 0 Å². The Morgan fingerprint density at radius 3 is 2.95 bits per heavy atom. The summed E-state index contributed by atoms with van der Waals surface area (Å²) in [5, 5.41) is 3.76. The molecule has 0 saturated heterocycles. The molecular formula is C18H33N3. The lowest BCUT2D eigenvalue weighted by Gasteiger charge is -2.36. The lowest BCUT2D eigenvalue weighted by molar-refractivity contribution is 0.378. The molecule has 0 spiro atoms. The molecule has 0 bridgehead atoms. The van der Waals surface area contributed by atoms with Crippen molar-refractivity contribution in [3.05, 3.63) is 23.3 Å². The molecule has 2 aliphatic rings. The summed E-state index contributed by atoms with van der Waals surface area (Å²) in [5.41, 5.74) is 15.6. The van der Waals surface area contributed by atoms with Gasteiger partial charge in [0, 0.05) is 24.2 Å². The summed E-state index contributed by atoms with van der Waals surface area (Å²) < 4.78 is 0. The summed E-state index contributed by atoms with van der Waals surface area (Å²) >= 11 is 0. The summed E-state index contributed by atoms with van der Waals surface area (Å²) in [4.78, 5) is 0. The first-order valence-corrected chi connectivity index (χ1v) is 8.80. The van der Waals surface area contributed by atoms with Crippen molar-refractivity contribution in [2.75, 3.05) is 0 Å². The lowest BCUT2D eigenvalue weighted by atomic mass is 9.79. The largest absolute Gasteiger partial charge is 0.326 e. The number of hydrogen-bond acceptors (Lipinski definition) is 3. The molecule has 3 heteroatoms. The van der Waals surface area contributed by atoms with Crippen molar-refractivity contribution in [2.45, 2.75) is 89.4 Å². The Balaban J connectivity index is 1.92. The Morgan fingerprint density at radius 1 is 1.38 bits per heavy atom. The quantitative estimate of drug-likeness (QED) is 0.632. The number of allylic oxidation sites excluding steroid dienone is 2. The van der Waals surface area contributed by atoms with Crippen molar-refractivity contribution >= 4 is 0 Å². The van der Waals surface area contributed by atoms with Crippen LogP contribution in [0.5, 0.6) is 0 Å². The maximum atomic E-state index is 6.37. The van der Waals surface area contributed by atoms with E-state index in [-0.39, 0.29) is 12.1 Å². The molecule has 4 atom stereocenters. The molecular weight excluding hydrogens is 258 g/mol. The predicted octanol–water partition coefficient (Wildman–Crippen LogP) is 3.01. The van der Waals surface area contributed by atoms with E-state index in [1.807, 2.05) is 0 Å². The Morgan fingerprint density at radius 2 is 2.19 bits per heavy atom. The Bertz CT molecular complexity index is 386. The third kappa shape index (κ3) is 4.41. The molecule has 0 aromatic heterocycles. The highest BCUT2D eigenvalue weighted by atomic mass is 15.0. The van der Waals surface area contributed by atoms with Gasteiger partial charge in [0.1, 0.15) is 0 Å². The predicted molar refractivity (Wildman–Crippen MR) is 91.1 cm³/mol. The van der Waals surface area contributed by atoms with E-state index in [4.69, 9.17) is 11.5 Å². The van der Waals surface area contributed by atoms with Crippen molar-refractivity contribution in [3.8, 4) is 0 Å². The third-order valence-corrected chi connectivity index (χ3v) is 5.05. The summed E-state index contributed by atoms with van der Waals surface area (Å²) in [6, 6.07) is 1.22. The highest BCUT2D eigenvalue weighted by molar-refractivity contribution is 5.38. The molecule has 21 heavy (non-hydrogen) atoms. The van der Waals surface area contributed by atoms with Crippen LogP contribution >= 0.6 is 0 Å². The first kappa shape index (κ1) is 16.7. The lowest BCUT2D eigenvalue weighted by Crippen LogP contribution is -2.51. The average molecular weight is 291 g/mol. The summed E-state index contributed by atoms with van der Waals surface area (Å²) in [6.45, 7) is 4.46. The van der Waals surface area contributed by atoms with Gasteiger partial charge >= 0.3 is 0 Å². The summed E-state index contributed by atoms with van der Waals surface area (Å²) in [5.74, 6) is 0. The maximum absolute atomic E-state index is 6.37. The molecule has 0 aliphatic heterocycles. The summed E-state index contributed by atoms with van der Waals surface area (Å²) in [6.07, 6.45) is 14.1. The monoisotopic (exact) mass is 291 g/mol. The molecule has 120 valence electrons. The minimum Gasteiger partial charge on any atom is -0.326 e. The van der Waals surface area contributed by atoms with E-state index in [1.54, 1.807) is 0 Å². The van der Waals surface area contributed by atoms with Gasteiger partial charge in [-0.1, -0.05) is 38.3 Å². The summed E-state index contributed by atoms with van der Waals surface area (Å²) in [7, 11) is 0. The second-order valence-corrected chi connectivity index (χ2v) is 6.78. The number of unbranched alkanes of at least 4 members (excludes halogenated alkanes) is 2. The SMILES string of the molecule is CCCCCC(N)C(C)NC1CC=CC2=C1C(N)CCC2. The molecule has 4 unspecified atom stereocenters. The van der Waals surface area contributed by atoms with Crippen molar-refractivity contribution in [1.29, 1.82) is 0 Å². The molecule has 0 saturated carbocycles. The van der Waals surface area contributed by atoms with Crippen LogP contribution in [0.15, 0.2) is 23.3 Å². The first-order valence-electron chi connectivity index (χ1n) is 8.80. The Kier molecular flexibility index (Phi) is 6.46. The molecule has 0 aromatic rings. The van der Waals surface area contributed by atoms with Crippen molar-refractivity contribution < 1.29 is 0 Å². The molecule has 2 aliphatic carbocycles. The van der Waals surface area contributed by atoms with Gasteiger partial charge in [-0.2, -0.15) is 0 Å². The van der Waals surface area contributed by atoms with Crippen LogP contribution in [0.2, 0.25) is 0 Å². The van der Waals surface area contributed by atoms with Crippen LogP contribution in [0.4, 0.5) is 0 Å². The number of hydrogen-bond donors (Lipinski definition) is 3. The highest BCUT2D eigenvalue weighted by Crippen LogP contribution is 2.31. The molecule has 0 amide bonds. The topological polar surface area (TPSA) is 64.1 Å². The molecule has 2 rings (SSSR count). The zero-order chi connectivity index (χ0) is 15.2. The standard InChI is InChI=1S/C18H33N3/c1-3-4-5-10-15(19)13(2)21-17-12-7-9-14-8-6-11-16(20)18(14)17/h7,9,13,15-17,21H,3-6,8,10-12,19-20H2,1-2H3. The van der Waals surface area contributed by atoms with Gasteiger partial charge in [0.25, 0.3) is 0 Å². The van der Waals surface area contributed by atoms with E-state index in [1.165, 1.54) is 43.3 Å². The van der Waals surface area contributed by atoms with E-state index in [0.717, 1.165) is 19.3 Å². The molecule has 5 N–H and O–H groups in total. The fourth-order valence-corrected chi connectivity index (χ4v) is 3.66. The van der Waals surface area contributed by atoms with E-state index in [0.29, 0.717) is 12.1 Å². The van der Waals surface area contributed by atoms with Gasteiger partial charge in [0.05, 0.1) is 0 Å². The van der Waals surface area contributed by atoms with Crippen LogP contribution in [0, 0.1) is 0 Å². The van der Waals surface area contributed by atoms with Crippen molar-refractivity contribution in [2.24, 2.45) is 11.5 Å². The molecule has 0 fully saturated rings. The van der Waals surface area contributed by atoms with E-state index >= 15 is 0 Å². The van der Waals surface area contributed by atoms with Gasteiger partial charge in [-0.05, 0) is 50.2 Å². The van der Waals surface area contributed by atoms with Crippen LogP contribution in [0.1, 0.15) is 65.2 Å². The highest BCUT2D eigenvalue weighted by Gasteiger charge is 2.29. The first-order chi connectivity index (χ1) is 10.1. The molecule has 0 aromatic carbocycles. The average Bonchev–Trinajstić information content (AvgIpc) is 2.47. The number of rotatable bonds is 7. The second kappa shape index (κ2) is 8.11. The Hall–Kier alpha value is -0.640. The normalized spacial score (nSPS) is 28.4. The van der Waals surface area contributed by atoms with Crippen LogP contribution in [-0.4, -0.2) is 24.2 Å². The van der Waals surface area contributed by atoms with Crippen LogP contribution in [0.25, 0.3) is 0 Å². The van der Waals surface area contributed by atoms with Gasteiger partial charge < -0.3 is 16.8 Å². The third-order valence-electron chi connectivity index (χ3n) is 5.05. The minimum atomic E-state index is 0.236. The van der Waals surface area contributed by atoms with Crippen molar-refractivity contribution in [1.82, 2.24) is 5.32 Å². The van der Waals surface area contributed by atoms with Crippen LogP contribution in [-0.2, 0) is 0 Å². The van der Waals surface area contributed by atoms with Gasteiger partial charge in [-0.15, -0.1) is 0 Å². The number of nitrogens with one attached hydrogen (secondary N) is 1. The van der Waals surface area contributed by atoms with Crippen LogP contribution < -0.4 is 16.8 Å². The van der Waals surface area contributed by atoms with E-state index in [9.17, 15) is 0 Å². The van der Waals surface area contributed by atoms with Gasteiger partial charge in [-0.3, -0.25) is 0 Å². The molecule has 0 heterocycles. The molecule has 3 nitrogen and oxygen atoms in total. The van der Waals surface area contributed by atoms with Gasteiger partial charge in [0.2, 0.25) is 0 Å². The van der Waals surface area contributed by atoms with Gasteiger partial charge in [-0.25, -0.2) is 0 Å². The fraction of sp³-hybridized carbons (Fsp3) is 0.778. The van der Waals surface area contributed by atoms with Gasteiger partial charge in [0.15, 0.2) is 0 Å². The second-order valence-electron chi connectivity index (χ2n) is 6.78. The fourth-order valence-electron chi connectivity index (χ4n) is 3.66. The smallest absolute Gasteiger partial charge is 0.0338 e. The van der Waals surface area contributed by atoms with E-state index in [2.05, 4.69) is 31.3 Å². The maximum Gasteiger partial charge on any atom is 0.0338 e. The number of nitrogens with two attached hydrogens (primary N) is 2. The van der Waals surface area contributed by atoms with Crippen LogP contribution in [0.3, 0.4) is 0 Å². The zero-order valence-electron chi connectivity index (χ0n) is 13.8. The minimum absolute atomic E-state index is 0.236. The van der Waals surface area contributed by atoms with E-state index < -0.39 is 0 Å². The molecule has 0 radical (unpaired) electrons. The Labute approximate surface area is 130 Å².